The van der Waals surface area contributed by atoms with E-state index in [-0.39, 0.29) is 13.6 Å². The SMILES string of the molecule is C(=NC1CCCCC1)c1cc2c(cc1-c1c(C=NC3CCCCC3)ccc3c1OCO3)OCO2. The van der Waals surface area contributed by atoms with Crippen LogP contribution in [0.25, 0.3) is 11.1 Å². The number of aliphatic imine (C=N–C) groups is 2. The molecule has 2 aliphatic heterocycles. The molecule has 0 atom stereocenters. The zero-order chi connectivity index (χ0) is 22.7. The predicted molar refractivity (Wildman–Crippen MR) is 133 cm³/mol. The Morgan fingerprint density at radius 2 is 1.21 bits per heavy atom. The normalized spacial score (nSPS) is 20.6. The van der Waals surface area contributed by atoms with Gasteiger partial charge in [-0.05, 0) is 55.5 Å². The zero-order valence-electron chi connectivity index (χ0n) is 19.6. The fourth-order valence-corrected chi connectivity index (χ4v) is 5.49. The molecule has 2 saturated carbocycles. The fraction of sp³-hybridized carbons (Fsp3) is 0.500. The standard InChI is InChI=1S/C28H32N2O4/c1-3-7-21(8-4-1)29-15-19-11-12-24-28(34-18-31-24)27(19)23-14-26-25(32-17-33-26)13-20(23)16-30-22-9-5-2-6-10-22/h11-16,21-22H,1-10,17-18H2. The highest BCUT2D eigenvalue weighted by molar-refractivity contribution is 6.01. The second kappa shape index (κ2) is 9.69. The number of nitrogens with zero attached hydrogens (tertiary/aromatic N) is 2. The highest BCUT2D eigenvalue weighted by Gasteiger charge is 2.26. The van der Waals surface area contributed by atoms with Gasteiger partial charge in [-0.25, -0.2) is 0 Å². The molecule has 2 aromatic carbocycles. The van der Waals surface area contributed by atoms with Crippen molar-refractivity contribution >= 4 is 12.4 Å². The van der Waals surface area contributed by atoms with Crippen LogP contribution < -0.4 is 18.9 Å². The van der Waals surface area contributed by atoms with E-state index in [9.17, 15) is 0 Å². The molecule has 0 bridgehead atoms. The molecule has 0 N–H and O–H groups in total. The molecule has 2 aromatic rings. The third kappa shape index (κ3) is 4.38. The van der Waals surface area contributed by atoms with Crippen LogP contribution in [0.5, 0.6) is 23.0 Å². The number of hydrogen-bond acceptors (Lipinski definition) is 6. The highest BCUT2D eigenvalue weighted by atomic mass is 16.7. The summed E-state index contributed by atoms with van der Waals surface area (Å²) in [6.45, 7) is 0.460. The monoisotopic (exact) mass is 460 g/mol. The van der Waals surface area contributed by atoms with E-state index < -0.39 is 0 Å². The van der Waals surface area contributed by atoms with E-state index in [4.69, 9.17) is 28.9 Å². The van der Waals surface area contributed by atoms with Crippen molar-refractivity contribution in [1.82, 2.24) is 0 Å². The van der Waals surface area contributed by atoms with Crippen molar-refractivity contribution in [2.45, 2.75) is 76.3 Å². The topological polar surface area (TPSA) is 61.6 Å². The highest BCUT2D eigenvalue weighted by Crippen LogP contribution is 2.47. The second-order valence-electron chi connectivity index (χ2n) is 9.70. The van der Waals surface area contributed by atoms with Gasteiger partial charge in [0.2, 0.25) is 13.6 Å². The molecule has 2 aliphatic carbocycles. The summed E-state index contributed by atoms with van der Waals surface area (Å²) in [4.78, 5) is 9.96. The van der Waals surface area contributed by atoms with Gasteiger partial charge in [-0.3, -0.25) is 9.98 Å². The van der Waals surface area contributed by atoms with Crippen LogP contribution in [-0.2, 0) is 0 Å². The lowest BCUT2D eigenvalue weighted by molar-refractivity contribution is 0.174. The Balaban J connectivity index is 1.43. The average Bonchev–Trinajstić information content (AvgIpc) is 3.56. The average molecular weight is 461 g/mol. The van der Waals surface area contributed by atoms with E-state index in [0.717, 1.165) is 58.1 Å². The maximum absolute atomic E-state index is 5.98. The summed E-state index contributed by atoms with van der Waals surface area (Å²) in [5.74, 6) is 3.03. The zero-order valence-corrected chi connectivity index (χ0v) is 19.6. The first-order valence-corrected chi connectivity index (χ1v) is 12.8. The van der Waals surface area contributed by atoms with Gasteiger partial charge in [0.15, 0.2) is 23.0 Å². The molecule has 2 fully saturated rings. The first-order valence-electron chi connectivity index (χ1n) is 12.8. The molecular formula is C28H32N2O4. The number of benzene rings is 2. The van der Waals surface area contributed by atoms with Crippen molar-refractivity contribution < 1.29 is 18.9 Å². The summed E-state index contributed by atoms with van der Waals surface area (Å²) in [5, 5.41) is 0. The Hall–Kier alpha value is -3.02. The molecule has 4 aliphatic rings. The Bertz CT molecular complexity index is 1100. The molecule has 6 rings (SSSR count). The minimum absolute atomic E-state index is 0.224. The van der Waals surface area contributed by atoms with Crippen molar-refractivity contribution in [3.8, 4) is 34.1 Å². The molecule has 0 spiro atoms. The Kier molecular flexibility index (Phi) is 6.13. The number of ether oxygens (including phenoxy) is 4. The summed E-state index contributed by atoms with van der Waals surface area (Å²) in [6.07, 6.45) is 16.4. The van der Waals surface area contributed by atoms with Crippen LogP contribution in [0.1, 0.15) is 75.3 Å². The quantitative estimate of drug-likeness (QED) is 0.490. The van der Waals surface area contributed by atoms with Crippen LogP contribution in [-0.4, -0.2) is 38.1 Å². The molecule has 34 heavy (non-hydrogen) atoms. The maximum atomic E-state index is 5.98. The van der Waals surface area contributed by atoms with E-state index in [2.05, 4.69) is 12.1 Å². The van der Waals surface area contributed by atoms with E-state index in [1.807, 2.05) is 24.6 Å². The van der Waals surface area contributed by atoms with Gasteiger partial charge in [0.1, 0.15) is 0 Å². The van der Waals surface area contributed by atoms with Gasteiger partial charge in [-0.15, -0.1) is 0 Å². The van der Waals surface area contributed by atoms with Crippen LogP contribution in [0, 0.1) is 0 Å². The van der Waals surface area contributed by atoms with Gasteiger partial charge in [-0.2, -0.15) is 0 Å². The van der Waals surface area contributed by atoms with Crippen molar-refractivity contribution in [2.75, 3.05) is 13.6 Å². The largest absolute Gasteiger partial charge is 0.454 e. The van der Waals surface area contributed by atoms with Crippen LogP contribution in [0.4, 0.5) is 0 Å². The molecule has 6 heteroatoms. The molecular weight excluding hydrogens is 428 g/mol. The lowest BCUT2D eigenvalue weighted by Gasteiger charge is -2.19. The van der Waals surface area contributed by atoms with Crippen molar-refractivity contribution in [3.05, 3.63) is 35.4 Å². The van der Waals surface area contributed by atoms with Gasteiger partial charge in [-0.1, -0.05) is 38.5 Å². The Morgan fingerprint density at radius 1 is 0.618 bits per heavy atom. The van der Waals surface area contributed by atoms with Gasteiger partial charge in [0.25, 0.3) is 0 Å². The molecule has 2 heterocycles. The van der Waals surface area contributed by atoms with Crippen molar-refractivity contribution in [3.63, 3.8) is 0 Å². The summed E-state index contributed by atoms with van der Waals surface area (Å²) in [5.41, 5.74) is 4.03. The minimum Gasteiger partial charge on any atom is -0.454 e. The lowest BCUT2D eigenvalue weighted by atomic mass is 9.93. The van der Waals surface area contributed by atoms with E-state index in [0.29, 0.717) is 12.1 Å². The third-order valence-corrected chi connectivity index (χ3v) is 7.38. The Morgan fingerprint density at radius 3 is 1.91 bits per heavy atom. The van der Waals surface area contributed by atoms with E-state index >= 15 is 0 Å². The summed E-state index contributed by atoms with van der Waals surface area (Å²) in [6, 6.07) is 8.95. The molecule has 0 unspecified atom stereocenters. The van der Waals surface area contributed by atoms with E-state index in [1.54, 1.807) is 0 Å². The minimum atomic E-state index is 0.224. The van der Waals surface area contributed by atoms with E-state index in [1.165, 1.54) is 51.4 Å². The first kappa shape index (κ1) is 21.5. The molecule has 0 saturated heterocycles. The third-order valence-electron chi connectivity index (χ3n) is 7.38. The number of hydrogen-bond donors (Lipinski definition) is 0. The van der Waals surface area contributed by atoms with Crippen LogP contribution in [0.3, 0.4) is 0 Å². The van der Waals surface area contributed by atoms with Crippen molar-refractivity contribution in [2.24, 2.45) is 9.98 Å². The van der Waals surface area contributed by atoms with Crippen molar-refractivity contribution in [1.29, 1.82) is 0 Å². The van der Waals surface area contributed by atoms with Gasteiger partial charge >= 0.3 is 0 Å². The summed E-state index contributed by atoms with van der Waals surface area (Å²) >= 11 is 0. The predicted octanol–water partition coefficient (Wildman–Crippen LogP) is 6.31. The number of rotatable bonds is 5. The second-order valence-corrected chi connectivity index (χ2v) is 9.70. The van der Waals surface area contributed by atoms with Crippen LogP contribution in [0.2, 0.25) is 0 Å². The molecule has 6 nitrogen and oxygen atoms in total. The van der Waals surface area contributed by atoms with Gasteiger partial charge < -0.3 is 18.9 Å². The van der Waals surface area contributed by atoms with Crippen LogP contribution in [0.15, 0.2) is 34.3 Å². The molecule has 0 aromatic heterocycles. The molecule has 0 amide bonds. The smallest absolute Gasteiger partial charge is 0.231 e. The molecule has 178 valence electrons. The molecule has 0 radical (unpaired) electrons. The Labute approximate surface area is 201 Å². The first-order chi connectivity index (χ1) is 16.8. The van der Waals surface area contributed by atoms with Gasteiger partial charge in [0.05, 0.1) is 0 Å². The van der Waals surface area contributed by atoms with Gasteiger partial charge in [0, 0.05) is 41.2 Å². The lowest BCUT2D eigenvalue weighted by Crippen LogP contribution is -2.10. The summed E-state index contributed by atoms with van der Waals surface area (Å²) < 4.78 is 23.2. The van der Waals surface area contributed by atoms with Crippen LogP contribution >= 0.6 is 0 Å². The maximum Gasteiger partial charge on any atom is 0.231 e. The summed E-state index contributed by atoms with van der Waals surface area (Å²) in [7, 11) is 0. The fourth-order valence-electron chi connectivity index (χ4n) is 5.49. The number of fused-ring (bicyclic) bond motifs is 2.